The first kappa shape index (κ1) is 14.8. The van der Waals surface area contributed by atoms with Gasteiger partial charge in [-0.2, -0.15) is 0 Å². The van der Waals surface area contributed by atoms with Crippen molar-refractivity contribution in [3.05, 3.63) is 33.8 Å². The quantitative estimate of drug-likeness (QED) is 0.801. The molecule has 3 heteroatoms. The SMILES string of the molecule is CC(CCNC(C)C)Cc1c(Cl)cccc1Cl. The van der Waals surface area contributed by atoms with Gasteiger partial charge in [-0.25, -0.2) is 0 Å². The summed E-state index contributed by atoms with van der Waals surface area (Å²) in [6.45, 7) is 7.60. The van der Waals surface area contributed by atoms with Crippen LogP contribution in [-0.4, -0.2) is 12.6 Å². The number of nitrogens with one attached hydrogen (secondary N) is 1. The molecular formula is C14H21Cl2N. The summed E-state index contributed by atoms with van der Waals surface area (Å²) >= 11 is 12.3. The smallest absolute Gasteiger partial charge is 0.0452 e. The van der Waals surface area contributed by atoms with Gasteiger partial charge in [-0.05, 0) is 43.0 Å². The van der Waals surface area contributed by atoms with E-state index in [0.29, 0.717) is 12.0 Å². The van der Waals surface area contributed by atoms with Crippen LogP contribution < -0.4 is 5.32 Å². The van der Waals surface area contributed by atoms with Crippen molar-refractivity contribution in [3.63, 3.8) is 0 Å². The normalized spacial score (nSPS) is 13.1. The van der Waals surface area contributed by atoms with Crippen LogP contribution in [0.2, 0.25) is 10.0 Å². The summed E-state index contributed by atoms with van der Waals surface area (Å²) in [6, 6.07) is 6.24. The van der Waals surface area contributed by atoms with Crippen molar-refractivity contribution in [1.82, 2.24) is 5.32 Å². The molecule has 0 aliphatic heterocycles. The second-order valence-corrected chi connectivity index (χ2v) is 5.72. The van der Waals surface area contributed by atoms with Crippen LogP contribution in [0, 0.1) is 5.92 Å². The predicted octanol–water partition coefficient (Wildman–Crippen LogP) is 4.56. The zero-order valence-electron chi connectivity index (χ0n) is 10.8. The highest BCUT2D eigenvalue weighted by molar-refractivity contribution is 6.35. The molecule has 0 radical (unpaired) electrons. The molecule has 1 aromatic carbocycles. The van der Waals surface area contributed by atoms with Crippen molar-refractivity contribution in [1.29, 1.82) is 0 Å². The molecule has 0 aromatic heterocycles. The van der Waals surface area contributed by atoms with E-state index in [1.807, 2.05) is 18.2 Å². The van der Waals surface area contributed by atoms with Gasteiger partial charge in [0, 0.05) is 16.1 Å². The Morgan fingerprint density at radius 1 is 1.12 bits per heavy atom. The van der Waals surface area contributed by atoms with Gasteiger partial charge in [-0.3, -0.25) is 0 Å². The Balaban J connectivity index is 2.47. The van der Waals surface area contributed by atoms with Gasteiger partial charge in [0.1, 0.15) is 0 Å². The first-order valence-electron chi connectivity index (χ1n) is 6.17. The molecule has 0 saturated carbocycles. The highest BCUT2D eigenvalue weighted by Gasteiger charge is 2.10. The zero-order chi connectivity index (χ0) is 12.8. The van der Waals surface area contributed by atoms with Crippen molar-refractivity contribution in [2.75, 3.05) is 6.54 Å². The second-order valence-electron chi connectivity index (χ2n) is 4.91. The molecule has 0 amide bonds. The third kappa shape index (κ3) is 5.29. The average molecular weight is 274 g/mol. The molecular weight excluding hydrogens is 253 g/mol. The van der Waals surface area contributed by atoms with E-state index in [0.717, 1.165) is 35.0 Å². The number of benzene rings is 1. The Labute approximate surface area is 115 Å². The van der Waals surface area contributed by atoms with Gasteiger partial charge >= 0.3 is 0 Å². The minimum absolute atomic E-state index is 0.547. The molecule has 1 nitrogen and oxygen atoms in total. The number of halogens is 2. The fourth-order valence-electron chi connectivity index (χ4n) is 1.80. The lowest BCUT2D eigenvalue weighted by molar-refractivity contribution is 0.476. The van der Waals surface area contributed by atoms with E-state index in [2.05, 4.69) is 26.1 Å². The third-order valence-corrected chi connectivity index (χ3v) is 3.51. The van der Waals surface area contributed by atoms with Crippen LogP contribution >= 0.6 is 23.2 Å². The van der Waals surface area contributed by atoms with Gasteiger partial charge in [0.15, 0.2) is 0 Å². The van der Waals surface area contributed by atoms with Gasteiger partial charge in [0.05, 0.1) is 0 Å². The Morgan fingerprint density at radius 3 is 2.24 bits per heavy atom. The van der Waals surface area contributed by atoms with Crippen LogP contribution in [0.3, 0.4) is 0 Å². The third-order valence-electron chi connectivity index (χ3n) is 2.80. The van der Waals surface area contributed by atoms with Crippen LogP contribution in [0.15, 0.2) is 18.2 Å². The van der Waals surface area contributed by atoms with Gasteiger partial charge in [-0.1, -0.05) is 50.0 Å². The number of hydrogen-bond donors (Lipinski definition) is 1. The molecule has 0 spiro atoms. The summed E-state index contributed by atoms with van der Waals surface area (Å²) < 4.78 is 0. The minimum atomic E-state index is 0.547. The van der Waals surface area contributed by atoms with Crippen LogP contribution in [0.4, 0.5) is 0 Å². The fourth-order valence-corrected chi connectivity index (χ4v) is 2.35. The fraction of sp³-hybridized carbons (Fsp3) is 0.571. The highest BCUT2D eigenvalue weighted by Crippen LogP contribution is 2.27. The van der Waals surface area contributed by atoms with Crippen LogP contribution in [0.1, 0.15) is 32.8 Å². The lowest BCUT2D eigenvalue weighted by atomic mass is 9.98. The Hall–Kier alpha value is -0.240. The summed E-state index contributed by atoms with van der Waals surface area (Å²) in [5.74, 6) is 0.582. The molecule has 0 fully saturated rings. The molecule has 0 saturated heterocycles. The Morgan fingerprint density at radius 2 is 1.71 bits per heavy atom. The summed E-state index contributed by atoms with van der Waals surface area (Å²) in [6.07, 6.45) is 2.08. The first-order chi connectivity index (χ1) is 8.00. The van der Waals surface area contributed by atoms with E-state index in [1.165, 1.54) is 0 Å². The molecule has 0 heterocycles. The Bertz CT molecular complexity index is 330. The largest absolute Gasteiger partial charge is 0.315 e. The van der Waals surface area contributed by atoms with Gasteiger partial charge in [0.2, 0.25) is 0 Å². The molecule has 1 aromatic rings. The minimum Gasteiger partial charge on any atom is -0.315 e. The van der Waals surface area contributed by atoms with Gasteiger partial charge < -0.3 is 5.32 Å². The number of hydrogen-bond acceptors (Lipinski definition) is 1. The molecule has 1 rings (SSSR count). The van der Waals surface area contributed by atoms with E-state index in [4.69, 9.17) is 23.2 Å². The summed E-state index contributed by atoms with van der Waals surface area (Å²) in [7, 11) is 0. The number of rotatable bonds is 6. The first-order valence-corrected chi connectivity index (χ1v) is 6.92. The summed E-state index contributed by atoms with van der Waals surface area (Å²) in [5, 5.41) is 4.98. The van der Waals surface area contributed by atoms with E-state index in [-0.39, 0.29) is 0 Å². The molecule has 1 atom stereocenters. The maximum absolute atomic E-state index is 6.16. The van der Waals surface area contributed by atoms with Gasteiger partial charge in [0.25, 0.3) is 0 Å². The van der Waals surface area contributed by atoms with E-state index < -0.39 is 0 Å². The molecule has 17 heavy (non-hydrogen) atoms. The topological polar surface area (TPSA) is 12.0 Å². The molecule has 0 bridgehead atoms. The molecule has 0 aliphatic rings. The van der Waals surface area contributed by atoms with Crippen LogP contribution in [0.5, 0.6) is 0 Å². The standard InChI is InChI=1S/C14H21Cl2N/c1-10(2)17-8-7-11(3)9-12-13(15)5-4-6-14(12)16/h4-6,10-11,17H,7-9H2,1-3H3. The lowest BCUT2D eigenvalue weighted by Crippen LogP contribution is -2.25. The maximum atomic E-state index is 6.16. The van der Waals surface area contributed by atoms with E-state index in [9.17, 15) is 0 Å². The van der Waals surface area contributed by atoms with Crippen molar-refractivity contribution < 1.29 is 0 Å². The van der Waals surface area contributed by atoms with Crippen molar-refractivity contribution in [2.24, 2.45) is 5.92 Å². The monoisotopic (exact) mass is 273 g/mol. The van der Waals surface area contributed by atoms with Crippen molar-refractivity contribution in [3.8, 4) is 0 Å². The lowest BCUT2D eigenvalue weighted by Gasteiger charge is -2.15. The average Bonchev–Trinajstić information content (AvgIpc) is 2.23. The molecule has 1 unspecified atom stereocenters. The zero-order valence-corrected chi connectivity index (χ0v) is 12.3. The van der Waals surface area contributed by atoms with Crippen LogP contribution in [0.25, 0.3) is 0 Å². The predicted molar refractivity (Wildman–Crippen MR) is 77.1 cm³/mol. The second kappa shape index (κ2) is 7.25. The molecule has 96 valence electrons. The van der Waals surface area contributed by atoms with Crippen molar-refractivity contribution in [2.45, 2.75) is 39.7 Å². The van der Waals surface area contributed by atoms with Gasteiger partial charge in [-0.15, -0.1) is 0 Å². The van der Waals surface area contributed by atoms with Crippen LogP contribution in [-0.2, 0) is 6.42 Å². The Kier molecular flexibility index (Phi) is 6.32. The van der Waals surface area contributed by atoms with E-state index >= 15 is 0 Å². The van der Waals surface area contributed by atoms with Crippen molar-refractivity contribution >= 4 is 23.2 Å². The molecule has 0 aliphatic carbocycles. The highest BCUT2D eigenvalue weighted by atomic mass is 35.5. The summed E-state index contributed by atoms with van der Waals surface area (Å²) in [4.78, 5) is 0. The molecule has 1 N–H and O–H groups in total. The maximum Gasteiger partial charge on any atom is 0.0452 e. The van der Waals surface area contributed by atoms with E-state index in [1.54, 1.807) is 0 Å². The summed E-state index contributed by atoms with van der Waals surface area (Å²) in [5.41, 5.74) is 1.08.